The summed E-state index contributed by atoms with van der Waals surface area (Å²) in [5, 5.41) is 22.7. The van der Waals surface area contributed by atoms with Crippen LogP contribution in [0.1, 0.15) is 44.9 Å². The van der Waals surface area contributed by atoms with Crippen LogP contribution in [0.15, 0.2) is 48.9 Å². The van der Waals surface area contributed by atoms with E-state index < -0.39 is 11.8 Å². The molecule has 1 saturated heterocycles. The SMILES string of the molecule is CCn1cncc1Cc1c(CN2CCN(c3cccc(OCc4ccc(C#N)cc4F)n3)CC2)nc2sc(C(=O)O)nn12. The third kappa shape index (κ3) is 6.04. The van der Waals surface area contributed by atoms with Gasteiger partial charge in [-0.1, -0.05) is 23.5 Å². The van der Waals surface area contributed by atoms with Crippen LogP contribution in [-0.4, -0.2) is 71.3 Å². The standard InChI is InChI=1S/C29H28FN9O3S/c1-2-37-18-32-15-21(37)13-24-23(33-29-39(24)35-27(43-29)28(40)41)16-36-8-10-38(11-9-36)25-4-3-5-26(34-25)42-17-20-7-6-19(14-31)12-22(20)30/h3-7,12,15,18H,2,8-11,13,16-17H2,1H3,(H,40,41). The minimum Gasteiger partial charge on any atom is -0.476 e. The number of halogens is 1. The van der Waals surface area contributed by atoms with E-state index in [1.54, 1.807) is 29.0 Å². The molecule has 14 heteroatoms. The highest BCUT2D eigenvalue weighted by atomic mass is 32.1. The van der Waals surface area contributed by atoms with Gasteiger partial charge in [-0.25, -0.2) is 23.7 Å². The first-order chi connectivity index (χ1) is 20.9. The molecule has 5 heterocycles. The fraction of sp³-hybridized carbons (Fsp3) is 0.310. The van der Waals surface area contributed by atoms with Crippen molar-refractivity contribution in [1.29, 1.82) is 5.26 Å². The third-order valence-electron chi connectivity index (χ3n) is 7.39. The van der Waals surface area contributed by atoms with Crippen molar-refractivity contribution in [2.24, 2.45) is 0 Å². The van der Waals surface area contributed by atoms with Crippen molar-refractivity contribution in [3.63, 3.8) is 0 Å². The molecule has 0 aliphatic carbocycles. The van der Waals surface area contributed by atoms with E-state index in [1.807, 2.05) is 24.4 Å². The van der Waals surface area contributed by atoms with Crippen molar-refractivity contribution >= 4 is 28.1 Å². The van der Waals surface area contributed by atoms with Crippen molar-refractivity contribution in [2.45, 2.75) is 33.0 Å². The number of hydrogen-bond donors (Lipinski definition) is 1. The number of carboxylic acids is 1. The summed E-state index contributed by atoms with van der Waals surface area (Å²) in [6.07, 6.45) is 4.15. The Bertz CT molecular complexity index is 1820. The molecule has 1 aliphatic heterocycles. The average molecular weight is 602 g/mol. The van der Waals surface area contributed by atoms with Gasteiger partial charge in [-0.3, -0.25) is 4.90 Å². The number of nitriles is 1. The summed E-state index contributed by atoms with van der Waals surface area (Å²) >= 11 is 1.07. The highest BCUT2D eigenvalue weighted by Gasteiger charge is 2.24. The Balaban J connectivity index is 1.12. The lowest BCUT2D eigenvalue weighted by molar-refractivity contribution is 0.0695. The second kappa shape index (κ2) is 12.2. The highest BCUT2D eigenvalue weighted by molar-refractivity contribution is 7.18. The average Bonchev–Trinajstić information content (AvgIpc) is 3.73. The van der Waals surface area contributed by atoms with Crippen LogP contribution in [0.4, 0.5) is 10.2 Å². The molecule has 5 aromatic rings. The summed E-state index contributed by atoms with van der Waals surface area (Å²) in [5.74, 6) is -0.381. The van der Waals surface area contributed by atoms with Gasteiger partial charge in [0.1, 0.15) is 18.2 Å². The van der Waals surface area contributed by atoms with E-state index in [-0.39, 0.29) is 17.2 Å². The molecule has 0 radical (unpaired) electrons. The van der Waals surface area contributed by atoms with Gasteiger partial charge < -0.3 is 19.3 Å². The maximum atomic E-state index is 14.2. The number of piperazine rings is 1. The maximum Gasteiger partial charge on any atom is 0.367 e. The van der Waals surface area contributed by atoms with Crippen molar-refractivity contribution < 1.29 is 19.0 Å². The van der Waals surface area contributed by atoms with Crippen LogP contribution in [0, 0.1) is 17.1 Å². The van der Waals surface area contributed by atoms with Crippen molar-refractivity contribution in [2.75, 3.05) is 31.1 Å². The van der Waals surface area contributed by atoms with Gasteiger partial charge in [0.05, 0.1) is 29.3 Å². The van der Waals surface area contributed by atoms with Crippen molar-refractivity contribution in [1.82, 2.24) is 34.0 Å². The molecule has 4 aromatic heterocycles. The Morgan fingerprint density at radius 3 is 2.77 bits per heavy atom. The number of aryl methyl sites for hydroxylation is 1. The number of benzene rings is 1. The number of carboxylic acid groups (broad SMARTS) is 1. The number of ether oxygens (including phenoxy) is 1. The summed E-state index contributed by atoms with van der Waals surface area (Å²) in [6, 6.07) is 11.8. The number of imidazole rings is 2. The van der Waals surface area contributed by atoms with Crippen molar-refractivity contribution in [3.05, 3.63) is 88.0 Å². The number of aromatic carboxylic acids is 1. The smallest absolute Gasteiger partial charge is 0.367 e. The molecule has 0 spiro atoms. The summed E-state index contributed by atoms with van der Waals surface area (Å²) in [6.45, 7) is 6.46. The second-order valence-corrected chi connectivity index (χ2v) is 11.0. The summed E-state index contributed by atoms with van der Waals surface area (Å²) in [4.78, 5) is 30.3. The minimum atomic E-state index is -1.07. The van der Waals surface area contributed by atoms with Crippen LogP contribution < -0.4 is 9.64 Å². The predicted molar refractivity (Wildman–Crippen MR) is 156 cm³/mol. The number of rotatable bonds is 10. The first-order valence-corrected chi connectivity index (χ1v) is 14.6. The molecule has 0 atom stereocenters. The predicted octanol–water partition coefficient (Wildman–Crippen LogP) is 3.60. The normalized spacial score (nSPS) is 13.8. The van der Waals surface area contributed by atoms with Crippen LogP contribution in [-0.2, 0) is 26.1 Å². The van der Waals surface area contributed by atoms with Crippen LogP contribution in [0.5, 0.6) is 5.88 Å². The monoisotopic (exact) mass is 601 g/mol. The lowest BCUT2D eigenvalue weighted by Gasteiger charge is -2.35. The Morgan fingerprint density at radius 1 is 1.19 bits per heavy atom. The van der Waals surface area contributed by atoms with Gasteiger partial charge in [0.15, 0.2) is 0 Å². The third-order valence-corrected chi connectivity index (χ3v) is 8.28. The van der Waals surface area contributed by atoms with E-state index in [0.717, 1.165) is 67.0 Å². The molecule has 1 aromatic carbocycles. The molecule has 0 amide bonds. The van der Waals surface area contributed by atoms with Gasteiger partial charge in [-0.15, -0.1) is 5.10 Å². The van der Waals surface area contributed by atoms with E-state index >= 15 is 0 Å². The summed E-state index contributed by atoms with van der Waals surface area (Å²) in [7, 11) is 0. The Kier molecular flexibility index (Phi) is 7.99. The van der Waals surface area contributed by atoms with Crippen LogP contribution in [0.2, 0.25) is 0 Å². The summed E-state index contributed by atoms with van der Waals surface area (Å²) < 4.78 is 23.7. The van der Waals surface area contributed by atoms with Crippen LogP contribution in [0.3, 0.4) is 0 Å². The number of fused-ring (bicyclic) bond motifs is 1. The van der Waals surface area contributed by atoms with Gasteiger partial charge in [-0.2, -0.15) is 10.2 Å². The zero-order chi connectivity index (χ0) is 29.9. The lowest BCUT2D eigenvalue weighted by atomic mass is 10.1. The number of carbonyl (C=O) groups is 1. The molecular weight excluding hydrogens is 573 g/mol. The molecular formula is C29H28FN9O3S. The molecule has 0 unspecified atom stereocenters. The van der Waals surface area contributed by atoms with E-state index in [2.05, 4.69) is 36.4 Å². The number of aromatic nitrogens is 6. The summed E-state index contributed by atoms with van der Waals surface area (Å²) in [5.41, 5.74) is 3.36. The first-order valence-electron chi connectivity index (χ1n) is 13.8. The molecule has 220 valence electrons. The van der Waals surface area contributed by atoms with Crippen LogP contribution in [0.25, 0.3) is 4.96 Å². The quantitative estimate of drug-likeness (QED) is 0.253. The zero-order valence-electron chi connectivity index (χ0n) is 23.4. The number of nitrogens with zero attached hydrogens (tertiary/aromatic N) is 9. The van der Waals surface area contributed by atoms with Gasteiger partial charge in [0, 0.05) is 69.2 Å². The fourth-order valence-corrected chi connectivity index (χ4v) is 5.84. The molecule has 43 heavy (non-hydrogen) atoms. The van der Waals surface area contributed by atoms with Gasteiger partial charge in [0.25, 0.3) is 0 Å². The van der Waals surface area contributed by atoms with Crippen molar-refractivity contribution in [3.8, 4) is 11.9 Å². The van der Waals surface area contributed by atoms with E-state index in [9.17, 15) is 14.3 Å². The van der Waals surface area contributed by atoms with E-state index in [4.69, 9.17) is 15.0 Å². The Hall–Kier alpha value is -4.87. The molecule has 12 nitrogen and oxygen atoms in total. The Morgan fingerprint density at radius 2 is 2.02 bits per heavy atom. The number of pyridine rings is 1. The van der Waals surface area contributed by atoms with Crippen LogP contribution >= 0.6 is 11.3 Å². The molecule has 1 fully saturated rings. The highest BCUT2D eigenvalue weighted by Crippen LogP contribution is 2.25. The zero-order valence-corrected chi connectivity index (χ0v) is 24.2. The lowest BCUT2D eigenvalue weighted by Crippen LogP contribution is -2.46. The largest absolute Gasteiger partial charge is 0.476 e. The van der Waals surface area contributed by atoms with E-state index in [0.29, 0.717) is 29.4 Å². The Labute approximate surface area is 250 Å². The minimum absolute atomic E-state index is 0.00801. The fourth-order valence-electron chi connectivity index (χ4n) is 5.07. The molecule has 0 saturated carbocycles. The first kappa shape index (κ1) is 28.3. The second-order valence-electron chi connectivity index (χ2n) is 10.1. The van der Waals surface area contributed by atoms with E-state index in [1.165, 1.54) is 6.07 Å². The van der Waals surface area contributed by atoms with Gasteiger partial charge in [0.2, 0.25) is 15.8 Å². The van der Waals surface area contributed by atoms with Gasteiger partial charge >= 0.3 is 5.97 Å². The van der Waals surface area contributed by atoms with Gasteiger partial charge in [-0.05, 0) is 25.1 Å². The number of anilines is 1. The topological polar surface area (TPSA) is 138 Å². The maximum absolute atomic E-state index is 14.2. The molecule has 0 bridgehead atoms. The molecule has 1 N–H and O–H groups in total. The number of hydrogen-bond acceptors (Lipinski definition) is 10. The molecule has 1 aliphatic rings. The molecule has 6 rings (SSSR count).